The van der Waals surface area contributed by atoms with Crippen LogP contribution >= 0.6 is 0 Å². The van der Waals surface area contributed by atoms with Crippen molar-refractivity contribution in [3.05, 3.63) is 6.92 Å². The van der Waals surface area contributed by atoms with Crippen molar-refractivity contribution in [1.82, 2.24) is 5.32 Å². The van der Waals surface area contributed by atoms with Crippen LogP contribution in [0.4, 0.5) is 4.79 Å². The Morgan fingerprint density at radius 2 is 2.33 bits per heavy atom. The number of carbonyl (C=O) groups is 1. The lowest BCUT2D eigenvalue weighted by Gasteiger charge is -2.08. The minimum Gasteiger partial charge on any atom is -0.352 e. The monoisotopic (exact) mass is 130 g/mol. The zero-order valence-electron chi connectivity index (χ0n) is 5.26. The van der Waals surface area contributed by atoms with Gasteiger partial charge in [0.15, 0.2) is 0 Å². The van der Waals surface area contributed by atoms with Gasteiger partial charge in [0.25, 0.3) is 0 Å². The van der Waals surface area contributed by atoms with Gasteiger partial charge in [0.1, 0.15) is 0 Å². The summed E-state index contributed by atoms with van der Waals surface area (Å²) in [5.74, 6) is 0. The molecule has 0 aromatic carbocycles. The van der Waals surface area contributed by atoms with Gasteiger partial charge in [-0.05, 0) is 6.42 Å². The Kier molecular flexibility index (Phi) is 3.79. The van der Waals surface area contributed by atoms with Gasteiger partial charge in [0.2, 0.25) is 0 Å². The van der Waals surface area contributed by atoms with Crippen LogP contribution in [0.1, 0.15) is 12.8 Å². The van der Waals surface area contributed by atoms with E-state index in [-0.39, 0.29) is 6.17 Å². The van der Waals surface area contributed by atoms with E-state index in [4.69, 9.17) is 11.5 Å². The van der Waals surface area contributed by atoms with Gasteiger partial charge < -0.3 is 16.8 Å². The molecule has 53 valence electrons. The van der Waals surface area contributed by atoms with Crippen molar-refractivity contribution in [1.29, 1.82) is 0 Å². The van der Waals surface area contributed by atoms with E-state index >= 15 is 0 Å². The number of hydrogen-bond donors (Lipinski definition) is 3. The average Bonchev–Trinajstić information content (AvgIpc) is 1.63. The molecule has 4 nitrogen and oxygen atoms in total. The first kappa shape index (κ1) is 8.23. The summed E-state index contributed by atoms with van der Waals surface area (Å²) in [4.78, 5) is 10.1. The second-order valence-corrected chi connectivity index (χ2v) is 1.76. The van der Waals surface area contributed by atoms with Gasteiger partial charge >= 0.3 is 6.03 Å². The summed E-state index contributed by atoms with van der Waals surface area (Å²) >= 11 is 0. The molecule has 4 heteroatoms. The van der Waals surface area contributed by atoms with E-state index in [0.717, 1.165) is 0 Å². The van der Waals surface area contributed by atoms with Crippen molar-refractivity contribution in [3.8, 4) is 0 Å². The highest BCUT2D eigenvalue weighted by Gasteiger charge is 2.00. The van der Waals surface area contributed by atoms with Gasteiger partial charge in [-0.1, -0.05) is 13.3 Å². The average molecular weight is 130 g/mol. The number of hydrogen-bond acceptors (Lipinski definition) is 2. The number of urea groups is 1. The molecular weight excluding hydrogens is 118 g/mol. The molecule has 0 aromatic heterocycles. The van der Waals surface area contributed by atoms with Crippen molar-refractivity contribution < 1.29 is 4.79 Å². The predicted octanol–water partition coefficient (Wildman–Crippen LogP) is -0.446. The number of carbonyl (C=O) groups excluding carboxylic acids is 1. The third kappa shape index (κ3) is 5.10. The van der Waals surface area contributed by atoms with E-state index in [1.165, 1.54) is 0 Å². The Morgan fingerprint density at radius 3 is 2.67 bits per heavy atom. The Morgan fingerprint density at radius 1 is 1.78 bits per heavy atom. The Hall–Kier alpha value is -0.770. The van der Waals surface area contributed by atoms with Crippen molar-refractivity contribution in [2.24, 2.45) is 11.5 Å². The molecule has 0 rings (SSSR count). The summed E-state index contributed by atoms with van der Waals surface area (Å²) in [6.07, 6.45) is 1.00. The largest absolute Gasteiger partial charge is 0.352 e. The van der Waals surface area contributed by atoms with Crippen LogP contribution in [0.15, 0.2) is 0 Å². The predicted molar refractivity (Wildman–Crippen MR) is 35.3 cm³/mol. The Bertz CT molecular complexity index is 94.2. The first-order valence-electron chi connectivity index (χ1n) is 2.77. The third-order valence-corrected chi connectivity index (χ3v) is 0.843. The lowest BCUT2D eigenvalue weighted by Crippen LogP contribution is -2.44. The summed E-state index contributed by atoms with van der Waals surface area (Å²) in [6, 6.07) is -0.587. The second-order valence-electron chi connectivity index (χ2n) is 1.76. The molecule has 0 saturated carbocycles. The Labute approximate surface area is 54.6 Å². The summed E-state index contributed by atoms with van der Waals surface area (Å²) < 4.78 is 0. The van der Waals surface area contributed by atoms with Gasteiger partial charge in [-0.15, -0.1) is 0 Å². The highest BCUT2D eigenvalue weighted by atomic mass is 16.2. The molecule has 0 aliphatic rings. The molecule has 1 atom stereocenters. The van der Waals surface area contributed by atoms with Crippen LogP contribution in [0.2, 0.25) is 0 Å². The standard InChI is InChI=1S/C5H12N3O/c1-2-3-4(6)8-5(7)9/h4H,1-3,6H2,(H3,7,8,9). The molecule has 0 aliphatic carbocycles. The highest BCUT2D eigenvalue weighted by molar-refractivity contribution is 5.71. The van der Waals surface area contributed by atoms with Crippen LogP contribution in [0, 0.1) is 6.92 Å². The van der Waals surface area contributed by atoms with Crippen molar-refractivity contribution in [2.45, 2.75) is 19.0 Å². The maximum Gasteiger partial charge on any atom is 0.313 e. The number of nitrogens with one attached hydrogen (secondary N) is 1. The minimum absolute atomic E-state index is 0.347. The molecule has 0 spiro atoms. The summed E-state index contributed by atoms with van der Waals surface area (Å²) in [7, 11) is 0. The minimum atomic E-state index is -0.587. The number of rotatable bonds is 3. The van der Waals surface area contributed by atoms with Crippen LogP contribution < -0.4 is 16.8 Å². The molecule has 0 saturated heterocycles. The van der Waals surface area contributed by atoms with Crippen LogP contribution in [0.25, 0.3) is 0 Å². The van der Waals surface area contributed by atoms with Crippen molar-refractivity contribution in [2.75, 3.05) is 0 Å². The fourth-order valence-electron chi connectivity index (χ4n) is 0.475. The highest BCUT2D eigenvalue weighted by Crippen LogP contribution is 1.86. The zero-order valence-corrected chi connectivity index (χ0v) is 5.26. The molecule has 2 amide bonds. The van der Waals surface area contributed by atoms with E-state index < -0.39 is 6.03 Å². The van der Waals surface area contributed by atoms with Gasteiger partial charge in [-0.2, -0.15) is 0 Å². The number of amides is 2. The van der Waals surface area contributed by atoms with Crippen molar-refractivity contribution >= 4 is 6.03 Å². The quantitative estimate of drug-likeness (QED) is 0.452. The molecule has 0 aliphatic heterocycles. The molecule has 0 aromatic rings. The number of primary amides is 1. The normalized spacial score (nSPS) is 12.7. The molecule has 5 N–H and O–H groups in total. The maximum atomic E-state index is 10.1. The molecule has 1 radical (unpaired) electrons. The summed E-state index contributed by atoms with van der Waals surface area (Å²) in [6.45, 7) is 3.56. The van der Waals surface area contributed by atoms with Crippen LogP contribution in [0.5, 0.6) is 0 Å². The van der Waals surface area contributed by atoms with Gasteiger partial charge in [-0.25, -0.2) is 4.79 Å². The lowest BCUT2D eigenvalue weighted by molar-refractivity contribution is 0.245. The smallest absolute Gasteiger partial charge is 0.313 e. The van der Waals surface area contributed by atoms with Crippen molar-refractivity contribution in [3.63, 3.8) is 0 Å². The van der Waals surface area contributed by atoms with E-state index in [0.29, 0.717) is 12.8 Å². The molecule has 1 unspecified atom stereocenters. The first-order chi connectivity index (χ1) is 4.16. The van der Waals surface area contributed by atoms with Gasteiger partial charge in [0.05, 0.1) is 6.17 Å². The van der Waals surface area contributed by atoms with Gasteiger partial charge in [-0.3, -0.25) is 0 Å². The molecule has 0 heterocycles. The summed E-state index contributed by atoms with van der Waals surface area (Å²) in [5, 5.41) is 2.32. The Balaban J connectivity index is 3.26. The maximum absolute atomic E-state index is 10.1. The fourth-order valence-corrected chi connectivity index (χ4v) is 0.475. The van der Waals surface area contributed by atoms with Gasteiger partial charge in [0, 0.05) is 0 Å². The zero-order chi connectivity index (χ0) is 7.28. The fraction of sp³-hybridized carbons (Fsp3) is 0.600. The van der Waals surface area contributed by atoms with Crippen LogP contribution in [-0.2, 0) is 0 Å². The molecule has 9 heavy (non-hydrogen) atoms. The van der Waals surface area contributed by atoms with E-state index in [2.05, 4.69) is 12.2 Å². The first-order valence-corrected chi connectivity index (χ1v) is 2.77. The topological polar surface area (TPSA) is 81.1 Å². The SMILES string of the molecule is [CH2]CCC(N)NC(N)=O. The molecule has 0 fully saturated rings. The molecular formula is C5H12N3O. The van der Waals surface area contributed by atoms with Crippen LogP contribution in [-0.4, -0.2) is 12.2 Å². The number of nitrogens with two attached hydrogens (primary N) is 2. The molecule has 0 bridgehead atoms. The van der Waals surface area contributed by atoms with E-state index in [1.807, 2.05) is 0 Å². The van der Waals surface area contributed by atoms with E-state index in [1.54, 1.807) is 0 Å². The lowest BCUT2D eigenvalue weighted by atomic mass is 10.3. The summed E-state index contributed by atoms with van der Waals surface area (Å²) in [5.41, 5.74) is 10.1. The van der Waals surface area contributed by atoms with Crippen LogP contribution in [0.3, 0.4) is 0 Å². The second kappa shape index (κ2) is 4.14. The van der Waals surface area contributed by atoms with E-state index in [9.17, 15) is 4.79 Å². The third-order valence-electron chi connectivity index (χ3n) is 0.843.